The van der Waals surface area contributed by atoms with Crippen molar-refractivity contribution in [2.24, 2.45) is 5.92 Å². The van der Waals surface area contributed by atoms with Crippen LogP contribution in [0.2, 0.25) is 0 Å². The minimum absolute atomic E-state index is 0.129. The highest BCUT2D eigenvalue weighted by Crippen LogP contribution is 2.31. The van der Waals surface area contributed by atoms with E-state index in [1.807, 2.05) is 29.2 Å². The summed E-state index contributed by atoms with van der Waals surface area (Å²) in [6.07, 6.45) is 11.7. The van der Waals surface area contributed by atoms with Gasteiger partial charge in [-0.25, -0.2) is 0 Å². The molecule has 1 aromatic carbocycles. The number of carbonyl (C=O) groups is 1. The Kier molecular flexibility index (Phi) is 8.49. The standard InChI is InChI=1S/C27H41N3O2/c1-23(24-9-4-2-5-10-24)29-18-20-30(21-19-29)27(31)25-11-13-26(14-12-25)32-22-8-17-28-15-6-3-7-16-28/h11-14,24H,1-10,15-22H2. The second kappa shape index (κ2) is 11.7. The van der Waals surface area contributed by atoms with Crippen molar-refractivity contribution in [1.82, 2.24) is 14.7 Å². The van der Waals surface area contributed by atoms with E-state index in [1.165, 1.54) is 70.2 Å². The average Bonchev–Trinajstić information content (AvgIpc) is 2.87. The molecule has 2 heterocycles. The van der Waals surface area contributed by atoms with Crippen LogP contribution in [0.1, 0.15) is 68.1 Å². The van der Waals surface area contributed by atoms with Gasteiger partial charge in [-0.2, -0.15) is 0 Å². The number of allylic oxidation sites excluding steroid dienone is 1. The Hall–Kier alpha value is -2.01. The van der Waals surface area contributed by atoms with Gasteiger partial charge in [0.25, 0.3) is 5.91 Å². The Bertz CT molecular complexity index is 728. The van der Waals surface area contributed by atoms with Crippen LogP contribution < -0.4 is 4.74 Å². The van der Waals surface area contributed by atoms with Gasteiger partial charge < -0.3 is 19.4 Å². The number of hydrogen-bond acceptors (Lipinski definition) is 4. The number of amides is 1. The molecule has 0 aromatic heterocycles. The fourth-order valence-electron chi connectivity index (χ4n) is 5.43. The molecule has 2 aliphatic heterocycles. The summed E-state index contributed by atoms with van der Waals surface area (Å²) in [5.41, 5.74) is 2.06. The first kappa shape index (κ1) is 23.2. The van der Waals surface area contributed by atoms with Crippen LogP contribution >= 0.6 is 0 Å². The lowest BCUT2D eigenvalue weighted by molar-refractivity contribution is 0.0656. The third kappa shape index (κ3) is 6.28. The first-order valence-corrected chi connectivity index (χ1v) is 12.9. The first-order chi connectivity index (χ1) is 15.7. The van der Waals surface area contributed by atoms with Crippen LogP contribution in [0, 0.1) is 5.92 Å². The topological polar surface area (TPSA) is 36.0 Å². The highest BCUT2D eigenvalue weighted by molar-refractivity contribution is 5.94. The van der Waals surface area contributed by atoms with E-state index in [-0.39, 0.29) is 5.91 Å². The molecule has 5 heteroatoms. The SMILES string of the molecule is C=C(C1CCCCC1)N1CCN(C(=O)c2ccc(OCCCN3CCCCC3)cc2)CC1. The van der Waals surface area contributed by atoms with Crippen molar-refractivity contribution in [3.05, 3.63) is 42.1 Å². The lowest BCUT2D eigenvalue weighted by atomic mass is 9.86. The van der Waals surface area contributed by atoms with E-state index >= 15 is 0 Å². The van der Waals surface area contributed by atoms with Gasteiger partial charge in [-0.15, -0.1) is 0 Å². The van der Waals surface area contributed by atoms with E-state index in [4.69, 9.17) is 4.74 Å². The van der Waals surface area contributed by atoms with E-state index in [2.05, 4.69) is 16.4 Å². The summed E-state index contributed by atoms with van der Waals surface area (Å²) in [5.74, 6) is 1.64. The summed E-state index contributed by atoms with van der Waals surface area (Å²) < 4.78 is 5.91. The molecule has 3 aliphatic rings. The summed E-state index contributed by atoms with van der Waals surface area (Å²) in [5, 5.41) is 0. The molecule has 0 spiro atoms. The lowest BCUT2D eigenvalue weighted by Gasteiger charge is -2.40. The molecule has 0 unspecified atom stereocenters. The van der Waals surface area contributed by atoms with Gasteiger partial charge >= 0.3 is 0 Å². The number of nitrogens with zero attached hydrogens (tertiary/aromatic N) is 3. The minimum atomic E-state index is 0.129. The van der Waals surface area contributed by atoms with Gasteiger partial charge in [-0.05, 0) is 75.4 Å². The molecule has 0 atom stereocenters. The molecule has 176 valence electrons. The van der Waals surface area contributed by atoms with Crippen LogP contribution in [0.25, 0.3) is 0 Å². The molecular formula is C27H41N3O2. The van der Waals surface area contributed by atoms with Crippen LogP contribution in [0.4, 0.5) is 0 Å². The van der Waals surface area contributed by atoms with Gasteiger partial charge in [0.1, 0.15) is 5.75 Å². The summed E-state index contributed by atoms with van der Waals surface area (Å²) in [4.78, 5) is 19.9. The van der Waals surface area contributed by atoms with Crippen molar-refractivity contribution in [2.75, 3.05) is 52.4 Å². The molecule has 4 rings (SSSR count). The van der Waals surface area contributed by atoms with Crippen molar-refractivity contribution in [2.45, 2.75) is 57.8 Å². The van der Waals surface area contributed by atoms with Gasteiger partial charge in [-0.1, -0.05) is 32.3 Å². The van der Waals surface area contributed by atoms with E-state index in [1.54, 1.807) is 0 Å². The maximum absolute atomic E-state index is 13.0. The Labute approximate surface area is 194 Å². The number of rotatable bonds is 8. The summed E-state index contributed by atoms with van der Waals surface area (Å²) >= 11 is 0. The molecule has 1 saturated carbocycles. The molecule has 1 amide bonds. The summed E-state index contributed by atoms with van der Waals surface area (Å²) in [6, 6.07) is 7.70. The van der Waals surface area contributed by atoms with E-state index in [0.717, 1.165) is 57.1 Å². The Morgan fingerprint density at radius 3 is 2.16 bits per heavy atom. The van der Waals surface area contributed by atoms with Crippen LogP contribution in [-0.4, -0.2) is 73.0 Å². The normalized spacial score (nSPS) is 20.9. The zero-order chi connectivity index (χ0) is 22.2. The largest absolute Gasteiger partial charge is 0.494 e. The predicted molar refractivity (Wildman–Crippen MR) is 130 cm³/mol. The molecule has 0 N–H and O–H groups in total. The average molecular weight is 440 g/mol. The third-order valence-corrected chi connectivity index (χ3v) is 7.49. The summed E-state index contributed by atoms with van der Waals surface area (Å²) in [7, 11) is 0. The van der Waals surface area contributed by atoms with Gasteiger partial charge in [0.2, 0.25) is 0 Å². The fraction of sp³-hybridized carbons (Fsp3) is 0.667. The Morgan fingerprint density at radius 2 is 1.47 bits per heavy atom. The molecule has 3 fully saturated rings. The predicted octanol–water partition coefficient (Wildman–Crippen LogP) is 4.79. The number of carbonyl (C=O) groups excluding carboxylic acids is 1. The number of ether oxygens (including phenoxy) is 1. The maximum atomic E-state index is 13.0. The summed E-state index contributed by atoms with van der Waals surface area (Å²) in [6.45, 7) is 12.1. The van der Waals surface area contributed by atoms with E-state index in [9.17, 15) is 4.79 Å². The van der Waals surface area contributed by atoms with Gasteiger partial charge in [0, 0.05) is 44.0 Å². The Morgan fingerprint density at radius 1 is 0.844 bits per heavy atom. The number of hydrogen-bond donors (Lipinski definition) is 0. The van der Waals surface area contributed by atoms with Crippen molar-refractivity contribution >= 4 is 5.91 Å². The van der Waals surface area contributed by atoms with Gasteiger partial charge in [-0.3, -0.25) is 4.79 Å². The quantitative estimate of drug-likeness (QED) is 0.546. The smallest absolute Gasteiger partial charge is 0.253 e. The van der Waals surface area contributed by atoms with Gasteiger partial charge in [0.15, 0.2) is 0 Å². The van der Waals surface area contributed by atoms with Gasteiger partial charge in [0.05, 0.1) is 6.61 Å². The molecule has 5 nitrogen and oxygen atoms in total. The molecule has 1 aromatic rings. The van der Waals surface area contributed by atoms with E-state index < -0.39 is 0 Å². The molecule has 2 saturated heterocycles. The zero-order valence-corrected chi connectivity index (χ0v) is 19.8. The zero-order valence-electron chi connectivity index (χ0n) is 19.8. The van der Waals surface area contributed by atoms with Crippen LogP contribution in [0.5, 0.6) is 5.75 Å². The molecular weight excluding hydrogens is 398 g/mol. The van der Waals surface area contributed by atoms with E-state index in [0.29, 0.717) is 5.92 Å². The molecule has 0 radical (unpaired) electrons. The second-order valence-corrected chi connectivity index (χ2v) is 9.73. The maximum Gasteiger partial charge on any atom is 0.253 e. The van der Waals surface area contributed by atoms with Crippen molar-refractivity contribution in [1.29, 1.82) is 0 Å². The first-order valence-electron chi connectivity index (χ1n) is 12.9. The van der Waals surface area contributed by atoms with Crippen molar-refractivity contribution in [3.63, 3.8) is 0 Å². The molecule has 1 aliphatic carbocycles. The third-order valence-electron chi connectivity index (χ3n) is 7.49. The Balaban J connectivity index is 1.18. The second-order valence-electron chi connectivity index (χ2n) is 9.73. The number of benzene rings is 1. The number of piperidine rings is 1. The monoisotopic (exact) mass is 439 g/mol. The van der Waals surface area contributed by atoms with Crippen LogP contribution in [-0.2, 0) is 0 Å². The highest BCUT2D eigenvalue weighted by atomic mass is 16.5. The number of piperazine rings is 1. The lowest BCUT2D eigenvalue weighted by Crippen LogP contribution is -2.48. The fourth-order valence-corrected chi connectivity index (χ4v) is 5.43. The highest BCUT2D eigenvalue weighted by Gasteiger charge is 2.26. The van der Waals surface area contributed by atoms with Crippen LogP contribution in [0.3, 0.4) is 0 Å². The van der Waals surface area contributed by atoms with Crippen LogP contribution in [0.15, 0.2) is 36.5 Å². The minimum Gasteiger partial charge on any atom is -0.494 e. The molecule has 0 bridgehead atoms. The molecule has 32 heavy (non-hydrogen) atoms. The van der Waals surface area contributed by atoms with Crippen molar-refractivity contribution in [3.8, 4) is 5.75 Å². The van der Waals surface area contributed by atoms with Crippen molar-refractivity contribution < 1.29 is 9.53 Å². The number of likely N-dealkylation sites (tertiary alicyclic amines) is 1.